The number of aliphatic carboxylic acids is 1. The smallest absolute Gasteiger partial charge is 0.316 e. The average molecular weight is 325 g/mol. The lowest BCUT2D eigenvalue weighted by molar-refractivity contribution is -0.136. The molecule has 0 bridgehead atoms. The second-order valence-corrected chi connectivity index (χ2v) is 6.16. The van der Waals surface area contributed by atoms with Crippen molar-refractivity contribution in [3.63, 3.8) is 0 Å². The Morgan fingerprint density at radius 1 is 1.24 bits per heavy atom. The van der Waals surface area contributed by atoms with E-state index >= 15 is 0 Å². The van der Waals surface area contributed by atoms with Crippen molar-refractivity contribution in [2.45, 2.75) is 17.4 Å². The van der Waals surface area contributed by atoms with E-state index in [1.165, 1.54) is 23.9 Å². The van der Waals surface area contributed by atoms with Crippen molar-refractivity contribution in [3.8, 4) is 0 Å². The molecule has 2 aromatic carbocycles. The maximum atomic E-state index is 13.0. The van der Waals surface area contributed by atoms with E-state index in [1.54, 1.807) is 6.07 Å². The fraction of sp³-hybridized carbons (Fsp3) is 0.188. The van der Waals surface area contributed by atoms with Gasteiger partial charge in [-0.3, -0.25) is 4.79 Å². The van der Waals surface area contributed by atoms with Crippen LogP contribution in [0.1, 0.15) is 11.1 Å². The summed E-state index contributed by atoms with van der Waals surface area (Å²) in [4.78, 5) is 11.4. The van der Waals surface area contributed by atoms with Crippen LogP contribution in [0.4, 0.5) is 4.39 Å². The van der Waals surface area contributed by atoms with Gasteiger partial charge in [-0.1, -0.05) is 48.0 Å². The van der Waals surface area contributed by atoms with E-state index in [9.17, 15) is 14.3 Å². The molecule has 0 aliphatic carbocycles. The van der Waals surface area contributed by atoms with E-state index in [0.29, 0.717) is 17.2 Å². The monoisotopic (exact) mass is 324 g/mol. The number of carboxylic acid groups (broad SMARTS) is 1. The second-order valence-electron chi connectivity index (χ2n) is 4.56. The average Bonchev–Trinajstić information content (AvgIpc) is 2.46. The fourth-order valence-corrected chi connectivity index (χ4v) is 3.27. The predicted octanol–water partition coefficient (Wildman–Crippen LogP) is 4.41. The molecule has 1 atom stereocenters. The Kier molecular flexibility index (Phi) is 5.65. The molecule has 1 N–H and O–H groups in total. The zero-order valence-corrected chi connectivity index (χ0v) is 12.7. The lowest BCUT2D eigenvalue weighted by atomic mass is 10.1. The highest BCUT2D eigenvalue weighted by Crippen LogP contribution is 2.26. The molecule has 1 unspecified atom stereocenters. The van der Waals surface area contributed by atoms with Gasteiger partial charge in [-0.2, -0.15) is 0 Å². The predicted molar refractivity (Wildman–Crippen MR) is 84.3 cm³/mol. The minimum atomic E-state index is -0.859. The summed E-state index contributed by atoms with van der Waals surface area (Å²) in [6.07, 6.45) is 0.444. The van der Waals surface area contributed by atoms with Crippen LogP contribution in [0, 0.1) is 5.82 Å². The van der Waals surface area contributed by atoms with Crippen LogP contribution < -0.4 is 0 Å². The molecule has 0 radical (unpaired) electrons. The molecule has 0 saturated heterocycles. The minimum Gasteiger partial charge on any atom is -0.480 e. The molecule has 0 spiro atoms. The number of benzene rings is 2. The Hall–Kier alpha value is -1.52. The van der Waals surface area contributed by atoms with Gasteiger partial charge in [0.1, 0.15) is 11.1 Å². The Bertz CT molecular complexity index is 619. The molecule has 0 aliphatic rings. The maximum Gasteiger partial charge on any atom is 0.316 e. The van der Waals surface area contributed by atoms with E-state index in [-0.39, 0.29) is 0 Å². The van der Waals surface area contributed by atoms with Gasteiger partial charge in [0.2, 0.25) is 0 Å². The van der Waals surface area contributed by atoms with Gasteiger partial charge < -0.3 is 5.11 Å². The Morgan fingerprint density at radius 2 is 1.95 bits per heavy atom. The summed E-state index contributed by atoms with van der Waals surface area (Å²) in [6.45, 7) is 0. The van der Waals surface area contributed by atoms with Crippen molar-refractivity contribution >= 4 is 29.3 Å². The normalized spacial score (nSPS) is 12.1. The SMILES string of the molecule is O=C(O)C(Cc1ccccc1)SCc1ccc(F)cc1Cl. The van der Waals surface area contributed by atoms with E-state index in [0.717, 1.165) is 11.1 Å². The highest BCUT2D eigenvalue weighted by Gasteiger charge is 2.19. The van der Waals surface area contributed by atoms with Crippen LogP contribution in [0.15, 0.2) is 48.5 Å². The largest absolute Gasteiger partial charge is 0.480 e. The summed E-state index contributed by atoms with van der Waals surface area (Å²) in [6, 6.07) is 13.6. The Labute approximate surface area is 131 Å². The zero-order chi connectivity index (χ0) is 15.2. The van der Waals surface area contributed by atoms with Gasteiger partial charge in [-0.25, -0.2) is 4.39 Å². The van der Waals surface area contributed by atoms with E-state index in [1.807, 2.05) is 30.3 Å². The van der Waals surface area contributed by atoms with E-state index in [2.05, 4.69) is 0 Å². The van der Waals surface area contributed by atoms with Crippen LogP contribution in [0.25, 0.3) is 0 Å². The zero-order valence-electron chi connectivity index (χ0n) is 11.1. The Morgan fingerprint density at radius 3 is 2.57 bits per heavy atom. The van der Waals surface area contributed by atoms with Crippen LogP contribution in [0.5, 0.6) is 0 Å². The lowest BCUT2D eigenvalue weighted by Crippen LogP contribution is -2.19. The quantitative estimate of drug-likeness (QED) is 0.855. The van der Waals surface area contributed by atoms with Crippen molar-refractivity contribution in [2.24, 2.45) is 0 Å². The molecule has 5 heteroatoms. The van der Waals surface area contributed by atoms with Crippen molar-refractivity contribution in [3.05, 3.63) is 70.5 Å². The van der Waals surface area contributed by atoms with Gasteiger partial charge in [-0.15, -0.1) is 11.8 Å². The van der Waals surface area contributed by atoms with Crippen LogP contribution in [-0.2, 0) is 17.0 Å². The van der Waals surface area contributed by atoms with E-state index < -0.39 is 17.0 Å². The second kappa shape index (κ2) is 7.48. The first-order valence-electron chi connectivity index (χ1n) is 6.38. The molecule has 110 valence electrons. The number of hydrogen-bond donors (Lipinski definition) is 1. The fourth-order valence-electron chi connectivity index (χ4n) is 1.87. The topological polar surface area (TPSA) is 37.3 Å². The molecule has 2 aromatic rings. The van der Waals surface area contributed by atoms with E-state index in [4.69, 9.17) is 11.6 Å². The molecule has 2 nitrogen and oxygen atoms in total. The summed E-state index contributed by atoms with van der Waals surface area (Å²) in [5, 5.41) is 9.08. The maximum absolute atomic E-state index is 13.0. The molecular weight excluding hydrogens is 311 g/mol. The van der Waals surface area contributed by atoms with Crippen LogP contribution >= 0.6 is 23.4 Å². The minimum absolute atomic E-state index is 0.325. The van der Waals surface area contributed by atoms with Crippen molar-refractivity contribution < 1.29 is 14.3 Å². The first kappa shape index (κ1) is 15.9. The molecule has 0 aliphatic heterocycles. The summed E-state index contributed by atoms with van der Waals surface area (Å²) < 4.78 is 13.0. The highest BCUT2D eigenvalue weighted by molar-refractivity contribution is 7.99. The lowest BCUT2D eigenvalue weighted by Gasteiger charge is -2.13. The number of carbonyl (C=O) groups is 1. The van der Waals surface area contributed by atoms with Crippen molar-refractivity contribution in [1.29, 1.82) is 0 Å². The van der Waals surface area contributed by atoms with Crippen molar-refractivity contribution in [1.82, 2.24) is 0 Å². The highest BCUT2D eigenvalue weighted by atomic mass is 35.5. The van der Waals surface area contributed by atoms with Crippen LogP contribution in [0.2, 0.25) is 5.02 Å². The molecule has 2 rings (SSSR count). The standard InChI is InChI=1S/C16H14ClFO2S/c17-14-9-13(18)7-6-12(14)10-21-15(16(19)20)8-11-4-2-1-3-5-11/h1-7,9,15H,8,10H2,(H,19,20). The summed E-state index contributed by atoms with van der Waals surface area (Å²) in [5.41, 5.74) is 1.71. The molecule has 0 heterocycles. The number of carboxylic acids is 1. The molecule has 0 saturated carbocycles. The third-order valence-corrected chi connectivity index (χ3v) is 4.59. The van der Waals surface area contributed by atoms with Gasteiger partial charge in [0.25, 0.3) is 0 Å². The van der Waals surface area contributed by atoms with Gasteiger partial charge >= 0.3 is 5.97 Å². The van der Waals surface area contributed by atoms with Crippen LogP contribution in [-0.4, -0.2) is 16.3 Å². The van der Waals surface area contributed by atoms with Gasteiger partial charge in [0.15, 0.2) is 0 Å². The summed E-state index contributed by atoms with van der Waals surface area (Å²) in [5.74, 6) is -0.821. The number of halogens is 2. The summed E-state index contributed by atoms with van der Waals surface area (Å²) in [7, 11) is 0. The van der Waals surface area contributed by atoms with Gasteiger partial charge in [0, 0.05) is 10.8 Å². The molecule has 0 fully saturated rings. The van der Waals surface area contributed by atoms with Crippen molar-refractivity contribution in [2.75, 3.05) is 0 Å². The molecule has 21 heavy (non-hydrogen) atoms. The number of thioether (sulfide) groups is 1. The number of rotatable bonds is 6. The molecular formula is C16H14ClFO2S. The number of hydrogen-bond acceptors (Lipinski definition) is 2. The molecule has 0 amide bonds. The first-order valence-corrected chi connectivity index (χ1v) is 7.81. The Balaban J connectivity index is 2.02. The van der Waals surface area contributed by atoms with Crippen LogP contribution in [0.3, 0.4) is 0 Å². The third-order valence-electron chi connectivity index (χ3n) is 2.99. The first-order chi connectivity index (χ1) is 10.1. The summed E-state index contributed by atoms with van der Waals surface area (Å²) >= 11 is 7.24. The molecule has 0 aromatic heterocycles. The van der Waals surface area contributed by atoms with Gasteiger partial charge in [-0.05, 0) is 29.7 Å². The third kappa shape index (κ3) is 4.76. The van der Waals surface area contributed by atoms with Gasteiger partial charge in [0.05, 0.1) is 0 Å².